The minimum atomic E-state index is -4.03. The molecule has 0 spiro atoms. The van der Waals surface area contributed by atoms with Gasteiger partial charge in [-0.1, -0.05) is 18.2 Å². The number of hydrogen-bond acceptors (Lipinski definition) is 10. The molecule has 4 aromatic rings. The quantitative estimate of drug-likeness (QED) is 0.167. The summed E-state index contributed by atoms with van der Waals surface area (Å²) in [6.07, 6.45) is -2.05. The third-order valence-corrected chi connectivity index (χ3v) is 7.61. The van der Waals surface area contributed by atoms with Crippen molar-refractivity contribution in [2.75, 3.05) is 11.5 Å². The zero-order valence-corrected chi connectivity index (χ0v) is 20.2. The molecule has 3 aromatic heterocycles. The van der Waals surface area contributed by atoms with Crippen LogP contribution in [0.2, 0.25) is 0 Å². The Hall–Kier alpha value is -3.79. The number of hydrogen-bond donors (Lipinski definition) is 6. The van der Waals surface area contributed by atoms with Gasteiger partial charge in [-0.05, 0) is 24.5 Å². The molecule has 1 aromatic carbocycles. The molecule has 0 aliphatic carbocycles. The van der Waals surface area contributed by atoms with E-state index < -0.39 is 51.8 Å². The number of nitrogens with one attached hydrogen (secondary N) is 3. The van der Waals surface area contributed by atoms with Gasteiger partial charge >= 0.3 is 0 Å². The highest BCUT2D eigenvalue weighted by Crippen LogP contribution is 2.32. The summed E-state index contributed by atoms with van der Waals surface area (Å²) in [5.41, 5.74) is 6.82. The van der Waals surface area contributed by atoms with Crippen molar-refractivity contribution in [3.63, 3.8) is 0 Å². The third-order valence-electron chi connectivity index (χ3n) is 6.30. The number of imidazole rings is 1. The minimum absolute atomic E-state index is 0.0343. The van der Waals surface area contributed by atoms with Crippen LogP contribution in [0.4, 0.5) is 5.95 Å². The van der Waals surface area contributed by atoms with E-state index in [2.05, 4.69) is 19.9 Å². The van der Waals surface area contributed by atoms with E-state index in [1.807, 2.05) is 29.0 Å². The molecule has 1 saturated heterocycles. The number of benzene rings is 1. The van der Waals surface area contributed by atoms with Crippen molar-refractivity contribution >= 4 is 43.9 Å². The van der Waals surface area contributed by atoms with Crippen LogP contribution in [0.1, 0.15) is 24.6 Å². The van der Waals surface area contributed by atoms with Crippen molar-refractivity contribution in [3.05, 3.63) is 52.7 Å². The Morgan fingerprint density at radius 1 is 1.24 bits per heavy atom. The number of rotatable bonds is 8. The fourth-order valence-electron chi connectivity index (χ4n) is 4.46. The Kier molecular flexibility index (Phi) is 6.45. The monoisotopic (exact) mass is 531 g/mol. The number of aromatic amines is 2. The molecule has 1 fully saturated rings. The molecule has 0 bridgehead atoms. The lowest BCUT2D eigenvalue weighted by Gasteiger charge is -2.16. The molecular weight excluding hydrogens is 506 g/mol. The average Bonchev–Trinajstić information content (AvgIpc) is 3.53. The number of carbonyl (C=O) groups excluding carboxylic acids is 1. The third kappa shape index (κ3) is 4.93. The summed E-state index contributed by atoms with van der Waals surface area (Å²) in [5.74, 6) is -1.35. The van der Waals surface area contributed by atoms with Crippen LogP contribution in [0.25, 0.3) is 22.1 Å². The highest BCUT2D eigenvalue weighted by atomic mass is 32.2. The van der Waals surface area contributed by atoms with Crippen LogP contribution >= 0.6 is 0 Å². The lowest BCUT2D eigenvalue weighted by atomic mass is 10.1. The Morgan fingerprint density at radius 2 is 2.03 bits per heavy atom. The number of aromatic nitrogens is 5. The van der Waals surface area contributed by atoms with Crippen LogP contribution in [0.15, 0.2) is 41.6 Å². The van der Waals surface area contributed by atoms with Gasteiger partial charge < -0.3 is 25.7 Å². The van der Waals surface area contributed by atoms with Crippen LogP contribution in [0.5, 0.6) is 0 Å². The van der Waals surface area contributed by atoms with Gasteiger partial charge in [-0.25, -0.2) is 13.4 Å². The molecule has 1 amide bonds. The number of nitrogen functional groups attached to an aromatic ring is 1. The molecule has 1 aliphatic heterocycles. The molecule has 14 nitrogen and oxygen atoms in total. The van der Waals surface area contributed by atoms with Gasteiger partial charge in [0.1, 0.15) is 12.2 Å². The van der Waals surface area contributed by atoms with E-state index in [4.69, 9.17) is 10.5 Å². The number of nitrogens with zero attached hydrogens (tertiary/aromatic N) is 3. The topological polar surface area (TPSA) is 218 Å². The van der Waals surface area contributed by atoms with Gasteiger partial charge in [-0.15, -0.1) is 0 Å². The van der Waals surface area contributed by atoms with Crippen LogP contribution in [-0.4, -0.2) is 73.1 Å². The molecule has 0 saturated carbocycles. The van der Waals surface area contributed by atoms with Crippen molar-refractivity contribution in [3.8, 4) is 0 Å². The Bertz CT molecular complexity index is 1630. The molecule has 7 N–H and O–H groups in total. The van der Waals surface area contributed by atoms with E-state index in [1.165, 1.54) is 10.9 Å². The normalized spacial score (nSPS) is 22.1. The summed E-state index contributed by atoms with van der Waals surface area (Å²) < 4.78 is 34.0. The van der Waals surface area contributed by atoms with E-state index in [9.17, 15) is 28.2 Å². The van der Waals surface area contributed by atoms with Gasteiger partial charge in [0.15, 0.2) is 17.4 Å². The summed E-state index contributed by atoms with van der Waals surface area (Å²) in [6, 6.07) is 7.59. The first-order chi connectivity index (χ1) is 17.6. The number of aliphatic hydroxyl groups is 2. The van der Waals surface area contributed by atoms with Crippen molar-refractivity contribution in [1.29, 1.82) is 0 Å². The molecule has 37 heavy (non-hydrogen) atoms. The van der Waals surface area contributed by atoms with Crippen molar-refractivity contribution < 1.29 is 28.2 Å². The number of ether oxygens (including phenoxy) is 1. The standard InChI is InChI=1S/C22H25N7O7S/c23-22-26-19-16(20(33)27-22)25-10-29(19)21-18(32)17(31)14(36-21)7-8-37(34,35)28-15(30)6-5-11-9-24-13-4-2-1-3-12(11)13/h1-4,9-10,14,17-18,21,24,31-32H,5-8H2,(H,28,30)(H3,23,26,27,33)/t14-,17?,18+,21-/m1/s1. The van der Waals surface area contributed by atoms with Gasteiger partial charge in [-0.3, -0.25) is 23.9 Å². The number of H-pyrrole nitrogens is 2. The van der Waals surface area contributed by atoms with E-state index in [0.29, 0.717) is 6.42 Å². The highest BCUT2D eigenvalue weighted by molar-refractivity contribution is 7.90. The largest absolute Gasteiger partial charge is 0.388 e. The Balaban J connectivity index is 1.19. The van der Waals surface area contributed by atoms with E-state index >= 15 is 0 Å². The van der Waals surface area contributed by atoms with Gasteiger partial charge in [0.05, 0.1) is 18.2 Å². The number of carbonyl (C=O) groups is 1. The molecule has 15 heteroatoms. The van der Waals surface area contributed by atoms with Gasteiger partial charge in [0.25, 0.3) is 5.56 Å². The van der Waals surface area contributed by atoms with Gasteiger partial charge in [0.2, 0.25) is 21.9 Å². The molecule has 5 rings (SSSR count). The van der Waals surface area contributed by atoms with Gasteiger partial charge in [-0.2, -0.15) is 4.98 Å². The summed E-state index contributed by atoms with van der Waals surface area (Å²) in [7, 11) is -4.03. The Labute approximate surface area is 209 Å². The van der Waals surface area contributed by atoms with E-state index in [-0.39, 0.29) is 30.0 Å². The second-order valence-electron chi connectivity index (χ2n) is 8.81. The van der Waals surface area contributed by atoms with Crippen molar-refractivity contribution in [2.24, 2.45) is 0 Å². The van der Waals surface area contributed by atoms with Crippen molar-refractivity contribution in [2.45, 2.75) is 43.8 Å². The fraction of sp³-hybridized carbons (Fsp3) is 0.364. The number of fused-ring (bicyclic) bond motifs is 2. The number of anilines is 1. The first-order valence-corrected chi connectivity index (χ1v) is 13.1. The molecule has 1 unspecified atom stereocenters. The van der Waals surface area contributed by atoms with E-state index in [0.717, 1.165) is 16.5 Å². The number of nitrogens with two attached hydrogens (primary N) is 1. The zero-order valence-electron chi connectivity index (χ0n) is 19.4. The molecule has 1 aliphatic rings. The van der Waals surface area contributed by atoms with Crippen LogP contribution in [-0.2, 0) is 26.0 Å². The highest BCUT2D eigenvalue weighted by Gasteiger charge is 2.44. The minimum Gasteiger partial charge on any atom is -0.388 e. The first-order valence-electron chi connectivity index (χ1n) is 11.4. The van der Waals surface area contributed by atoms with E-state index in [1.54, 1.807) is 6.20 Å². The second-order valence-corrected chi connectivity index (χ2v) is 10.7. The SMILES string of the molecule is Nc1nc2c(ncn2[C@@H]2O[C@H](CCS(=O)(=O)NC(=O)CCc3c[nH]c4ccccc34)C(O)[C@@H]2O)c(=O)[nH]1. The molecule has 196 valence electrons. The van der Waals surface area contributed by atoms with Crippen LogP contribution in [0.3, 0.4) is 0 Å². The van der Waals surface area contributed by atoms with Crippen LogP contribution in [0, 0.1) is 0 Å². The maximum Gasteiger partial charge on any atom is 0.280 e. The predicted molar refractivity (Wildman–Crippen MR) is 132 cm³/mol. The maximum atomic E-state index is 12.5. The number of aliphatic hydroxyl groups excluding tert-OH is 2. The number of aryl methyl sites for hydroxylation is 1. The van der Waals surface area contributed by atoms with Gasteiger partial charge in [0, 0.05) is 23.5 Å². The number of para-hydroxylation sites is 1. The smallest absolute Gasteiger partial charge is 0.280 e. The Morgan fingerprint density at radius 3 is 2.84 bits per heavy atom. The zero-order chi connectivity index (χ0) is 26.3. The summed E-state index contributed by atoms with van der Waals surface area (Å²) in [6.45, 7) is 0. The first kappa shape index (κ1) is 24.9. The number of sulfonamides is 1. The van der Waals surface area contributed by atoms with Crippen LogP contribution < -0.4 is 16.0 Å². The molecule has 4 atom stereocenters. The fourth-order valence-corrected chi connectivity index (χ4v) is 5.55. The molecule has 4 heterocycles. The lowest BCUT2D eigenvalue weighted by molar-refractivity contribution is -0.119. The molecule has 0 radical (unpaired) electrons. The van der Waals surface area contributed by atoms with Crippen molar-refractivity contribution in [1.82, 2.24) is 29.2 Å². The molecular formula is C22H25N7O7S. The average molecular weight is 532 g/mol. The summed E-state index contributed by atoms with van der Waals surface area (Å²) in [4.78, 5) is 37.7. The maximum absolute atomic E-state index is 12.5. The summed E-state index contributed by atoms with van der Waals surface area (Å²) >= 11 is 0. The second kappa shape index (κ2) is 9.59. The summed E-state index contributed by atoms with van der Waals surface area (Å²) in [5, 5.41) is 21.9. The lowest BCUT2D eigenvalue weighted by Crippen LogP contribution is -2.36. The number of amides is 1. The predicted octanol–water partition coefficient (Wildman–Crippen LogP) is -0.729.